The van der Waals surface area contributed by atoms with Gasteiger partial charge in [-0.3, -0.25) is 38.8 Å². The Kier molecular flexibility index (Phi) is 35.3. The number of esters is 1. The summed E-state index contributed by atoms with van der Waals surface area (Å²) in [5.74, 6) is 21.3. The average Bonchev–Trinajstić information content (AvgIpc) is 1.55. The van der Waals surface area contributed by atoms with Gasteiger partial charge in [-0.15, -0.1) is 0 Å². The molecule has 0 heterocycles. The second-order valence-electron chi connectivity index (χ2n) is 52.7. The average molecular weight is 2040 g/mol. The Balaban J connectivity index is 0.000000105. The third-order valence-corrected chi connectivity index (χ3v) is 42.9. The molecule has 31 rings (SSSR count). The molecule has 47 atom stereocenters. The normalized spacial score (nSPS) is 46.5. The molecule has 0 aromatic heterocycles. The second kappa shape index (κ2) is 47.4. The van der Waals surface area contributed by atoms with Crippen molar-refractivity contribution in [2.75, 3.05) is 33.0 Å². The zero-order chi connectivity index (χ0) is 105. The van der Waals surface area contributed by atoms with Crippen molar-refractivity contribution in [3.63, 3.8) is 0 Å². The third kappa shape index (κ3) is 24.7. The van der Waals surface area contributed by atoms with Gasteiger partial charge in [0.2, 0.25) is 5.91 Å². The lowest BCUT2D eigenvalue weighted by molar-refractivity contribution is -0.254. The molecule has 23 heteroatoms. The maximum absolute atomic E-state index is 11.2. The first-order chi connectivity index (χ1) is 70.9. The first kappa shape index (κ1) is 110. The van der Waals surface area contributed by atoms with Crippen LogP contribution in [0.1, 0.15) is 227 Å². The summed E-state index contributed by atoms with van der Waals surface area (Å²) in [5.41, 5.74) is 5.20. The lowest BCUT2D eigenvalue weighted by Crippen LogP contribution is -2.33. The highest BCUT2D eigenvalue weighted by atomic mass is 17.1. The maximum Gasteiger partial charge on any atom is 0.313 e. The number of carboxylic acid groups (broad SMARTS) is 4. The van der Waals surface area contributed by atoms with Gasteiger partial charge < -0.3 is 71.7 Å². The van der Waals surface area contributed by atoms with E-state index in [-0.39, 0.29) is 115 Å². The fraction of sp³-hybridized carbons (Fsp3) is 0.720. The lowest BCUT2D eigenvalue weighted by Gasteiger charge is -2.34. The summed E-state index contributed by atoms with van der Waals surface area (Å²) < 4.78 is 5.10. The molecule has 47 unspecified atom stereocenters. The van der Waals surface area contributed by atoms with Crippen LogP contribution in [0, 0.1) is 265 Å². The second-order valence-corrected chi connectivity index (χ2v) is 52.7. The van der Waals surface area contributed by atoms with Gasteiger partial charge in [-0.2, -0.15) is 0 Å². The quantitative estimate of drug-likeness (QED) is 0.0181. The van der Waals surface area contributed by atoms with Gasteiger partial charge in [-0.1, -0.05) is 191 Å². The van der Waals surface area contributed by atoms with Crippen molar-refractivity contribution < 1.29 is 110 Å². The fourth-order valence-corrected chi connectivity index (χ4v) is 34.9. The Morgan fingerprint density at radius 2 is 0.797 bits per heavy atom. The number of carbonyl (C=O) groups excluding carboxylic acids is 3. The maximum atomic E-state index is 11.2. The number of hydrogen-bond acceptors (Lipinski definition) is 18. The Morgan fingerprint density at radius 1 is 0.358 bits per heavy atom. The number of amides is 1. The van der Waals surface area contributed by atoms with Crippen LogP contribution in [0.4, 0.5) is 0 Å². The molecule has 1 amide bonds. The summed E-state index contributed by atoms with van der Waals surface area (Å²) in [7, 11) is 0. The summed E-state index contributed by atoms with van der Waals surface area (Å²) in [6.07, 6.45) is 94.3. The minimum Gasteiger partial charge on any atom is -0.481 e. The highest BCUT2D eigenvalue weighted by Gasteiger charge is 2.62. The molecular formula is C125H175NO22. The van der Waals surface area contributed by atoms with Crippen LogP contribution in [0.3, 0.4) is 0 Å². The van der Waals surface area contributed by atoms with Gasteiger partial charge in [-0.05, 0) is 406 Å². The van der Waals surface area contributed by atoms with Gasteiger partial charge >= 0.3 is 29.8 Å². The van der Waals surface area contributed by atoms with E-state index < -0.39 is 41.5 Å². The van der Waals surface area contributed by atoms with Crippen molar-refractivity contribution in [3.05, 3.63) is 170 Å². The van der Waals surface area contributed by atoms with Crippen molar-refractivity contribution in [2.45, 2.75) is 258 Å². The minimum atomic E-state index is -0.779. The number of primary amides is 1. The Morgan fingerprint density at radius 3 is 1.14 bits per heavy atom. The highest BCUT2D eigenvalue weighted by Crippen LogP contribution is 2.66. The van der Waals surface area contributed by atoms with Crippen LogP contribution < -0.4 is 5.73 Å². The SMILES string of the molecule is CC(=O)CC(=O)OCC1CC2C=CC1C2.CC1(C(=O)O)CC2C=CC1C2.CC1(C)CC2C=CC1C2.CC1CC2C=CC1C2.NC(=O)C1CC2C=CC1C2.O=C(O)C1C2C=CC(C2)C1COO.O=C(O)C1CC2C=CC1C2.O=C(O)CC1CC2C=CC1C2.OC1C2C=CC(C2)C1O.OC1CC2C3C=CC(C3)C2C1.OC1CC2C=CC1C2.OC1CC2CC1C1C3C=CC(C3)C21.OCC1(CO)CC2C=CC1C2.OCC1CC2C=CC1C2. The van der Waals surface area contributed by atoms with E-state index in [0.29, 0.717) is 126 Å². The van der Waals surface area contributed by atoms with Gasteiger partial charge in [0.15, 0.2) is 0 Å². The molecule has 0 aromatic rings. The molecule has 17 saturated carbocycles. The van der Waals surface area contributed by atoms with E-state index in [1.54, 1.807) is 0 Å². The number of carboxylic acids is 4. The van der Waals surface area contributed by atoms with Crippen molar-refractivity contribution in [2.24, 2.45) is 271 Å². The van der Waals surface area contributed by atoms with Gasteiger partial charge in [0, 0.05) is 48.0 Å². The van der Waals surface area contributed by atoms with Gasteiger partial charge in [0.25, 0.3) is 0 Å². The third-order valence-electron chi connectivity index (χ3n) is 42.9. The van der Waals surface area contributed by atoms with E-state index in [1.807, 2.05) is 31.2 Å². The van der Waals surface area contributed by atoms with Crippen molar-refractivity contribution in [3.8, 4) is 0 Å². The van der Waals surface area contributed by atoms with Crippen LogP contribution in [-0.4, -0.2) is 172 Å². The van der Waals surface area contributed by atoms with Crippen LogP contribution in [0.5, 0.6) is 0 Å². The number of fused-ring (bicyclic) bond motifs is 38. The molecule has 0 aromatic carbocycles. The van der Waals surface area contributed by atoms with Gasteiger partial charge in [-0.25, -0.2) is 4.89 Å². The number of allylic oxidation sites excluding steroid dienone is 25. The van der Waals surface area contributed by atoms with Crippen LogP contribution in [-0.2, 0) is 43.2 Å². The van der Waals surface area contributed by atoms with E-state index in [2.05, 4.69) is 171 Å². The highest BCUT2D eigenvalue weighted by molar-refractivity contribution is 5.94. The predicted octanol–water partition coefficient (Wildman–Crippen LogP) is 18.9. The Hall–Kier alpha value is -7.55. The van der Waals surface area contributed by atoms with Crippen LogP contribution in [0.25, 0.3) is 0 Å². The Labute approximate surface area is 877 Å². The molecule has 17 fully saturated rings. The zero-order valence-corrected chi connectivity index (χ0v) is 88.1. The monoisotopic (exact) mass is 2040 g/mol. The van der Waals surface area contributed by atoms with Crippen molar-refractivity contribution in [1.82, 2.24) is 0 Å². The summed E-state index contributed by atoms with van der Waals surface area (Å²) in [5, 5.41) is 118. The van der Waals surface area contributed by atoms with Crippen molar-refractivity contribution >= 4 is 41.5 Å². The molecule has 15 N–H and O–H groups in total. The predicted molar refractivity (Wildman–Crippen MR) is 564 cm³/mol. The summed E-state index contributed by atoms with van der Waals surface area (Å²) in [6.45, 7) is 11.7. The molecule has 0 spiro atoms. The number of aliphatic hydroxyl groups excluding tert-OH is 8. The molecule has 23 nitrogen and oxygen atoms in total. The van der Waals surface area contributed by atoms with Crippen molar-refractivity contribution in [1.29, 1.82) is 0 Å². The smallest absolute Gasteiger partial charge is 0.313 e. The molecule has 0 saturated heterocycles. The fourth-order valence-electron chi connectivity index (χ4n) is 34.9. The number of carbonyl (C=O) groups is 7. The molecule has 812 valence electrons. The number of ketones is 1. The lowest BCUT2D eigenvalue weighted by atomic mass is 9.72. The summed E-state index contributed by atoms with van der Waals surface area (Å²) in [4.78, 5) is 79.4. The first-order valence-corrected chi connectivity index (χ1v) is 57.8. The van der Waals surface area contributed by atoms with Crippen LogP contribution in [0.15, 0.2) is 170 Å². The largest absolute Gasteiger partial charge is 0.481 e. The Bertz CT molecular complexity index is 4980. The van der Waals surface area contributed by atoms with E-state index in [1.165, 1.54) is 84.0 Å². The number of aliphatic hydroxyl groups is 8. The number of hydrogen-bond donors (Lipinski definition) is 14. The van der Waals surface area contributed by atoms with Crippen LogP contribution in [0.2, 0.25) is 0 Å². The van der Waals surface area contributed by atoms with Gasteiger partial charge in [0.1, 0.15) is 12.2 Å². The topological polar surface area (TPSA) is 427 Å². The number of nitrogens with two attached hydrogens (primary N) is 1. The van der Waals surface area contributed by atoms with E-state index in [4.69, 9.17) is 56.6 Å². The number of ether oxygens (including phenoxy) is 1. The van der Waals surface area contributed by atoms with Crippen LogP contribution >= 0.6 is 0 Å². The molecule has 31 aliphatic carbocycles. The standard InChI is InChI=1S/C12H16O3.C12H16O.C10H14O.C9H12O4.C9H12O2.C9H14O2.C9H12O2.C9H14.C8H11NO.C8H10O2.C8H12O.C8H12.C7H10O2.C7H10O/c1-8(13)4-12(14)15-7-11-6-9-2-3-10(11)5-9;13-10-5-8-4-9(10)12-7-2-1-6(3-7)11(8)12;11-8-4-9-6-1-2-7(3-6)10(9)5-8;10-9(11)8-6-2-1-5(3-6)7(8)4-13-12;1-9(8(10)11)5-6-2-3-7(9)4-6;10-5-9(6-11)4-7-1-2-8(9)3-7;10-9(11)5-8-4-6-1-2-7(8)3-6;1-9(2)6-7-3-4-8(9)5-7;2*9-8(10)7-4-5-1-2-6(7)3-5;9-5-8-4-6-1-2-7(8)3-6;1-6-4-7-2-3-8(6)5-7;8-6-4-1-2-5(3-4)7(6)9;8-7-4-5-1-2-6(7)3-5/h2-3,9-11H,4-7H2,1H3;1-2,6-13H,3-5H2;1-2,6-11H,3-5H2;1-2,5-8,12H,3-4H2,(H,10,11);2-3,6-7H,4-5H2,1H3,(H,10,11);1-2,7-8,10-11H,3-6H2;1-2,6-8H,3-5H2,(H,10,11);3-4,7-8H,5-6H2,1-2H3;1-2,5-7H,3-4H2,(H2,9,10);1-2,5-7H,3-4H2,(H,9,10);1-2,6-9H,3-5H2;2-3,6-8H,4-5H2,1H3;1-2,4-9H,3H2;1-2,5-8H,3-4H2. The number of Topliss-reactive ketones (excluding diaryl/α,β-unsaturated/α-hetero) is 1. The molecule has 0 aliphatic heterocycles. The molecule has 31 aliphatic rings. The van der Waals surface area contributed by atoms with E-state index >= 15 is 0 Å². The van der Waals surface area contributed by atoms with E-state index in [9.17, 15) is 54.0 Å². The summed E-state index contributed by atoms with van der Waals surface area (Å²) in [6, 6.07) is 0. The van der Waals surface area contributed by atoms with Gasteiger partial charge in [0.05, 0.1) is 74.2 Å². The molecule has 30 bridgehead atoms. The number of aliphatic carboxylic acids is 4. The molecule has 0 radical (unpaired) electrons. The number of rotatable bonds is 15. The minimum absolute atomic E-state index is 0.00926. The molecular weight excluding hydrogens is 1870 g/mol. The van der Waals surface area contributed by atoms with E-state index in [0.717, 1.165) is 203 Å². The zero-order valence-electron chi connectivity index (χ0n) is 88.1. The molecule has 148 heavy (non-hydrogen) atoms. The first-order valence-electron chi connectivity index (χ1n) is 57.8. The summed E-state index contributed by atoms with van der Waals surface area (Å²) >= 11 is 0.